The summed E-state index contributed by atoms with van der Waals surface area (Å²) in [6.45, 7) is 2.68. The molecule has 0 aromatic heterocycles. The first-order valence-electron chi connectivity index (χ1n) is 9.54. The number of nitrogens with one attached hydrogen (secondary N) is 1. The van der Waals surface area contributed by atoms with Gasteiger partial charge < -0.3 is 9.64 Å². The van der Waals surface area contributed by atoms with Gasteiger partial charge in [0.25, 0.3) is 5.91 Å². The van der Waals surface area contributed by atoms with Crippen molar-refractivity contribution in [2.75, 3.05) is 18.8 Å². The van der Waals surface area contributed by atoms with Crippen LogP contribution in [0.2, 0.25) is 0 Å². The highest BCUT2D eigenvalue weighted by atomic mass is 32.2. The largest absolute Gasteiger partial charge is 0.476 e. The number of carbonyl (C=O) groups is 1. The Bertz CT molecular complexity index is 872. The first-order valence-corrected chi connectivity index (χ1v) is 11.2. The maximum atomic E-state index is 13.2. The summed E-state index contributed by atoms with van der Waals surface area (Å²) in [5.41, 5.74) is 0.770. The summed E-state index contributed by atoms with van der Waals surface area (Å²) in [5, 5.41) is 0. The Morgan fingerprint density at radius 3 is 2.43 bits per heavy atom. The number of ether oxygens (including phenoxy) is 1. The highest BCUT2D eigenvalue weighted by Crippen LogP contribution is 2.25. The quantitative estimate of drug-likeness (QED) is 0.737. The average molecular weight is 403 g/mol. The van der Waals surface area contributed by atoms with Crippen molar-refractivity contribution in [1.82, 2.24) is 9.62 Å². The van der Waals surface area contributed by atoms with E-state index in [2.05, 4.69) is 4.72 Å². The van der Waals surface area contributed by atoms with Gasteiger partial charge in [-0.25, -0.2) is 13.1 Å². The molecule has 0 unspecified atom stereocenters. The molecule has 150 valence electrons. The molecular weight excluding hydrogens is 376 g/mol. The third-order valence-corrected chi connectivity index (χ3v) is 6.28. The molecular formula is C21H26N2O4S. The van der Waals surface area contributed by atoms with E-state index in [1.165, 1.54) is 0 Å². The molecule has 1 aliphatic heterocycles. The summed E-state index contributed by atoms with van der Waals surface area (Å²) in [6, 6.07) is 18.3. The third-order valence-electron chi connectivity index (χ3n) is 4.64. The molecule has 2 aromatic rings. The van der Waals surface area contributed by atoms with Crippen molar-refractivity contribution in [3.05, 3.63) is 66.2 Å². The number of para-hydroxylation sites is 1. The first-order chi connectivity index (χ1) is 13.5. The van der Waals surface area contributed by atoms with Crippen LogP contribution >= 0.6 is 0 Å². The van der Waals surface area contributed by atoms with E-state index in [4.69, 9.17) is 4.74 Å². The van der Waals surface area contributed by atoms with E-state index in [0.717, 1.165) is 5.56 Å². The number of benzene rings is 2. The minimum atomic E-state index is -3.30. The average Bonchev–Trinajstić information content (AvgIpc) is 3.14. The number of hydrogen-bond acceptors (Lipinski definition) is 4. The fraction of sp³-hybridized carbons (Fsp3) is 0.381. The number of carbonyl (C=O) groups excluding carboxylic acids is 1. The van der Waals surface area contributed by atoms with Crippen molar-refractivity contribution in [2.24, 2.45) is 0 Å². The fourth-order valence-corrected chi connectivity index (χ4v) is 4.68. The van der Waals surface area contributed by atoms with Gasteiger partial charge in [0.2, 0.25) is 16.1 Å². The molecule has 0 spiro atoms. The van der Waals surface area contributed by atoms with Gasteiger partial charge in [-0.1, -0.05) is 55.5 Å². The summed E-state index contributed by atoms with van der Waals surface area (Å²) >= 11 is 0. The number of nitrogens with zero attached hydrogens (tertiary/aromatic N) is 1. The van der Waals surface area contributed by atoms with Crippen molar-refractivity contribution in [2.45, 2.75) is 31.9 Å². The second-order valence-corrected chi connectivity index (χ2v) is 8.80. The smallest absolute Gasteiger partial charge is 0.268 e. The molecule has 1 aliphatic rings. The summed E-state index contributed by atoms with van der Waals surface area (Å²) in [7, 11) is -3.30. The summed E-state index contributed by atoms with van der Waals surface area (Å²) in [6.07, 6.45) is 0.391. The minimum Gasteiger partial charge on any atom is -0.476 e. The second kappa shape index (κ2) is 9.21. The van der Waals surface area contributed by atoms with Gasteiger partial charge in [0.1, 0.15) is 5.75 Å². The Morgan fingerprint density at radius 1 is 1.14 bits per heavy atom. The van der Waals surface area contributed by atoms with E-state index in [1.54, 1.807) is 4.90 Å². The second-order valence-electron chi connectivity index (χ2n) is 6.93. The zero-order valence-electron chi connectivity index (χ0n) is 16.0. The van der Waals surface area contributed by atoms with Crippen molar-refractivity contribution in [1.29, 1.82) is 0 Å². The molecule has 0 saturated carbocycles. The molecule has 2 aromatic carbocycles. The minimum absolute atomic E-state index is 0.0984. The lowest BCUT2D eigenvalue weighted by Gasteiger charge is -2.25. The van der Waals surface area contributed by atoms with Crippen LogP contribution in [0.1, 0.15) is 31.4 Å². The van der Waals surface area contributed by atoms with Gasteiger partial charge in [-0.15, -0.1) is 0 Å². The lowest BCUT2D eigenvalue weighted by Crippen LogP contribution is -2.41. The van der Waals surface area contributed by atoms with Crippen LogP contribution in [-0.2, 0) is 14.8 Å². The van der Waals surface area contributed by atoms with Crippen molar-refractivity contribution in [3.63, 3.8) is 0 Å². The number of rotatable bonds is 8. The van der Waals surface area contributed by atoms with E-state index < -0.39 is 16.1 Å². The van der Waals surface area contributed by atoms with Gasteiger partial charge in [0.15, 0.2) is 0 Å². The molecule has 6 nitrogen and oxygen atoms in total. The Hall–Kier alpha value is -2.38. The van der Waals surface area contributed by atoms with E-state index in [1.807, 2.05) is 67.6 Å². The van der Waals surface area contributed by atoms with Gasteiger partial charge in [0, 0.05) is 24.7 Å². The molecule has 0 bridgehead atoms. The van der Waals surface area contributed by atoms with Gasteiger partial charge in [0.05, 0.1) is 5.75 Å². The lowest BCUT2D eigenvalue weighted by atomic mass is 10.1. The highest BCUT2D eigenvalue weighted by Gasteiger charge is 2.34. The van der Waals surface area contributed by atoms with Crippen molar-refractivity contribution >= 4 is 15.9 Å². The lowest BCUT2D eigenvalue weighted by molar-refractivity contribution is -0.138. The number of likely N-dealkylation sites (tertiary alicyclic amines) is 1. The van der Waals surface area contributed by atoms with Crippen LogP contribution in [0.25, 0.3) is 0 Å². The Balaban J connectivity index is 1.73. The number of amides is 1. The molecule has 1 fully saturated rings. The van der Waals surface area contributed by atoms with Crippen LogP contribution in [0.4, 0.5) is 0 Å². The van der Waals surface area contributed by atoms with Crippen LogP contribution in [0.15, 0.2) is 60.7 Å². The molecule has 1 N–H and O–H groups in total. The van der Waals surface area contributed by atoms with E-state index in [0.29, 0.717) is 31.7 Å². The Labute approximate surface area is 166 Å². The van der Waals surface area contributed by atoms with Gasteiger partial charge >= 0.3 is 0 Å². The standard InChI is InChI=1S/C21H26N2O4S/c1-2-15-28(25,26)22-18-13-14-23(16-18)21(24)20(17-9-5-3-6-10-17)27-19-11-7-4-8-12-19/h3-12,18,20,22H,2,13-16H2,1H3/t18-,20+/m0/s1. The molecule has 1 amide bonds. The summed E-state index contributed by atoms with van der Waals surface area (Å²) in [5.74, 6) is 0.553. The van der Waals surface area contributed by atoms with E-state index >= 15 is 0 Å². The van der Waals surface area contributed by atoms with Crippen LogP contribution in [0, 0.1) is 0 Å². The molecule has 0 aliphatic carbocycles. The Kier molecular flexibility index (Phi) is 6.70. The van der Waals surface area contributed by atoms with E-state index in [-0.39, 0.29) is 17.7 Å². The first kappa shape index (κ1) is 20.4. The molecule has 2 atom stereocenters. The summed E-state index contributed by atoms with van der Waals surface area (Å²) in [4.78, 5) is 14.9. The third kappa shape index (κ3) is 5.33. The normalized spacial score (nSPS) is 18.0. The maximum Gasteiger partial charge on any atom is 0.268 e. The van der Waals surface area contributed by atoms with Crippen LogP contribution < -0.4 is 9.46 Å². The van der Waals surface area contributed by atoms with Gasteiger partial charge in [-0.3, -0.25) is 4.79 Å². The predicted molar refractivity (Wildman–Crippen MR) is 108 cm³/mol. The topological polar surface area (TPSA) is 75.7 Å². The predicted octanol–water partition coefficient (Wildman–Crippen LogP) is 2.74. The van der Waals surface area contributed by atoms with Crippen molar-refractivity contribution in [3.8, 4) is 5.75 Å². The zero-order chi connectivity index (χ0) is 20.0. The van der Waals surface area contributed by atoms with Crippen molar-refractivity contribution < 1.29 is 17.9 Å². The fourth-order valence-electron chi connectivity index (χ4n) is 3.33. The SMILES string of the molecule is CCCS(=O)(=O)N[C@H]1CCN(C(=O)[C@H](Oc2ccccc2)c2ccccc2)C1. The zero-order valence-corrected chi connectivity index (χ0v) is 16.8. The monoisotopic (exact) mass is 402 g/mol. The van der Waals surface area contributed by atoms with Crippen LogP contribution in [-0.4, -0.2) is 44.1 Å². The molecule has 1 saturated heterocycles. The number of sulfonamides is 1. The van der Waals surface area contributed by atoms with E-state index in [9.17, 15) is 13.2 Å². The van der Waals surface area contributed by atoms with Gasteiger partial charge in [-0.05, 0) is 25.0 Å². The van der Waals surface area contributed by atoms with Crippen LogP contribution in [0.3, 0.4) is 0 Å². The number of hydrogen-bond donors (Lipinski definition) is 1. The molecule has 28 heavy (non-hydrogen) atoms. The van der Waals surface area contributed by atoms with Gasteiger partial charge in [-0.2, -0.15) is 0 Å². The molecule has 7 heteroatoms. The Morgan fingerprint density at radius 2 is 1.79 bits per heavy atom. The highest BCUT2D eigenvalue weighted by molar-refractivity contribution is 7.89. The summed E-state index contributed by atoms with van der Waals surface area (Å²) < 4.78 is 32.8. The molecule has 1 heterocycles. The molecule has 0 radical (unpaired) electrons. The molecule has 3 rings (SSSR count). The van der Waals surface area contributed by atoms with Crippen LogP contribution in [0.5, 0.6) is 5.75 Å². The maximum absolute atomic E-state index is 13.2.